The highest BCUT2D eigenvalue weighted by molar-refractivity contribution is 9.09. The lowest BCUT2D eigenvalue weighted by Gasteiger charge is -2.16. The van der Waals surface area contributed by atoms with Crippen LogP contribution in [-0.2, 0) is 4.79 Å². The van der Waals surface area contributed by atoms with Gasteiger partial charge in [0.1, 0.15) is 10.7 Å². The number of methoxy groups -OCH3 is 1. The van der Waals surface area contributed by atoms with Crippen LogP contribution in [0.4, 0.5) is 0 Å². The van der Waals surface area contributed by atoms with E-state index in [-0.39, 0.29) is 10.9 Å². The Kier molecular flexibility index (Phi) is 5.06. The minimum absolute atomic E-state index is 0.0839. The van der Waals surface area contributed by atoms with E-state index in [1.165, 1.54) is 6.92 Å². The first-order chi connectivity index (χ1) is 10.1. The van der Waals surface area contributed by atoms with Crippen molar-refractivity contribution in [3.8, 4) is 11.8 Å². The maximum absolute atomic E-state index is 11.1. The normalized spacial score (nSPS) is 12.2. The fraction of sp³-hybridized carbons (Fsp3) is 0.429. The van der Waals surface area contributed by atoms with E-state index in [0.717, 1.165) is 16.8 Å². The van der Waals surface area contributed by atoms with Gasteiger partial charge in [0.2, 0.25) is 5.91 Å². The molecule has 0 saturated carbocycles. The van der Waals surface area contributed by atoms with Gasteiger partial charge in [-0.15, -0.1) is 0 Å². The number of nitrogens with zero attached hydrogens (tertiary/aromatic N) is 2. The molecule has 0 aliphatic heterocycles. The first-order valence-electron chi connectivity index (χ1n) is 6.64. The lowest BCUT2D eigenvalue weighted by Crippen LogP contribution is -2.26. The topological polar surface area (TPSA) is 65.4 Å². The Morgan fingerprint density at radius 3 is 2.90 bits per heavy atom. The SMILES string of the molecule is CCOc1nc2ccc(OC)cc2n1C(Br)CNC(C)=O. The Bertz CT molecular complexity index is 642. The van der Waals surface area contributed by atoms with Crippen molar-refractivity contribution in [3.05, 3.63) is 18.2 Å². The van der Waals surface area contributed by atoms with Crippen LogP contribution in [0.3, 0.4) is 0 Å². The molecule has 0 aliphatic rings. The zero-order valence-corrected chi connectivity index (χ0v) is 13.8. The van der Waals surface area contributed by atoms with Crippen LogP contribution in [0.15, 0.2) is 18.2 Å². The Morgan fingerprint density at radius 1 is 1.52 bits per heavy atom. The van der Waals surface area contributed by atoms with Gasteiger partial charge >= 0.3 is 0 Å². The Balaban J connectivity index is 2.45. The molecule has 114 valence electrons. The first-order valence-corrected chi connectivity index (χ1v) is 7.55. The van der Waals surface area contributed by atoms with Gasteiger partial charge in [0, 0.05) is 19.5 Å². The fourth-order valence-corrected chi connectivity index (χ4v) is 2.56. The smallest absolute Gasteiger partial charge is 0.298 e. The molecule has 0 radical (unpaired) electrons. The largest absolute Gasteiger partial charge is 0.497 e. The summed E-state index contributed by atoms with van der Waals surface area (Å²) in [4.78, 5) is 15.4. The summed E-state index contributed by atoms with van der Waals surface area (Å²) in [5.41, 5.74) is 1.69. The molecular weight excluding hydrogens is 338 g/mol. The third-order valence-electron chi connectivity index (χ3n) is 2.94. The van der Waals surface area contributed by atoms with Crippen molar-refractivity contribution < 1.29 is 14.3 Å². The monoisotopic (exact) mass is 355 g/mol. The van der Waals surface area contributed by atoms with E-state index in [9.17, 15) is 4.79 Å². The first kappa shape index (κ1) is 15.6. The predicted molar refractivity (Wildman–Crippen MR) is 84.1 cm³/mol. The van der Waals surface area contributed by atoms with E-state index < -0.39 is 0 Å². The third kappa shape index (κ3) is 3.47. The highest BCUT2D eigenvalue weighted by Gasteiger charge is 2.19. The lowest BCUT2D eigenvalue weighted by atomic mass is 10.3. The van der Waals surface area contributed by atoms with Crippen LogP contribution < -0.4 is 14.8 Å². The second-order valence-electron chi connectivity index (χ2n) is 4.42. The molecule has 7 heteroatoms. The molecule has 0 fully saturated rings. The highest BCUT2D eigenvalue weighted by atomic mass is 79.9. The molecule has 1 N–H and O–H groups in total. The standard InChI is InChI=1S/C14H18BrN3O3/c1-4-21-14-17-11-6-5-10(20-3)7-12(11)18(14)13(15)8-16-9(2)19/h5-7,13H,4,8H2,1-3H3,(H,16,19). The van der Waals surface area contributed by atoms with Gasteiger partial charge in [0.15, 0.2) is 0 Å². The molecule has 0 spiro atoms. The van der Waals surface area contributed by atoms with Gasteiger partial charge in [-0.05, 0) is 19.1 Å². The summed E-state index contributed by atoms with van der Waals surface area (Å²) >= 11 is 3.57. The molecule has 0 aliphatic carbocycles. The Hall–Kier alpha value is -1.76. The van der Waals surface area contributed by atoms with Crippen molar-refractivity contribution in [2.45, 2.75) is 18.8 Å². The van der Waals surface area contributed by atoms with Gasteiger partial charge in [0.05, 0.1) is 24.8 Å². The molecule has 1 unspecified atom stereocenters. The van der Waals surface area contributed by atoms with E-state index in [0.29, 0.717) is 19.2 Å². The van der Waals surface area contributed by atoms with Crippen LogP contribution in [0.5, 0.6) is 11.8 Å². The van der Waals surface area contributed by atoms with Crippen molar-refractivity contribution in [3.63, 3.8) is 0 Å². The maximum Gasteiger partial charge on any atom is 0.298 e. The lowest BCUT2D eigenvalue weighted by molar-refractivity contribution is -0.119. The number of carbonyl (C=O) groups excluding carboxylic acids is 1. The molecule has 1 heterocycles. The van der Waals surface area contributed by atoms with Crippen molar-refractivity contribution in [2.24, 2.45) is 0 Å². The number of fused-ring (bicyclic) bond motifs is 1. The molecule has 0 saturated heterocycles. The predicted octanol–water partition coefficient (Wildman–Crippen LogP) is 2.47. The highest BCUT2D eigenvalue weighted by Crippen LogP contribution is 2.31. The number of halogens is 1. The summed E-state index contributed by atoms with van der Waals surface area (Å²) in [5.74, 6) is 0.658. The number of nitrogens with one attached hydrogen (secondary N) is 1. The molecule has 1 atom stereocenters. The Morgan fingerprint density at radius 2 is 2.29 bits per heavy atom. The van der Waals surface area contributed by atoms with Gasteiger partial charge in [-0.3, -0.25) is 9.36 Å². The maximum atomic E-state index is 11.1. The molecule has 0 bridgehead atoms. The average Bonchev–Trinajstić information content (AvgIpc) is 2.82. The third-order valence-corrected chi connectivity index (χ3v) is 3.67. The number of hydrogen-bond acceptors (Lipinski definition) is 4. The molecule has 1 aromatic carbocycles. The van der Waals surface area contributed by atoms with Crippen molar-refractivity contribution in [1.82, 2.24) is 14.9 Å². The fourth-order valence-electron chi connectivity index (χ4n) is 2.00. The number of rotatable bonds is 6. The van der Waals surface area contributed by atoms with Gasteiger partial charge in [-0.2, -0.15) is 4.98 Å². The number of imidazole rings is 1. The summed E-state index contributed by atoms with van der Waals surface area (Å²) in [5, 5.41) is 2.77. The molecule has 2 rings (SSSR count). The van der Waals surface area contributed by atoms with Crippen molar-refractivity contribution >= 4 is 32.9 Å². The molecule has 1 amide bonds. The van der Waals surface area contributed by atoms with Gasteiger partial charge in [-0.25, -0.2) is 0 Å². The van der Waals surface area contributed by atoms with Crippen LogP contribution in [0.2, 0.25) is 0 Å². The van der Waals surface area contributed by atoms with Gasteiger partial charge in [0.25, 0.3) is 6.01 Å². The molecule has 2 aromatic rings. The van der Waals surface area contributed by atoms with Crippen molar-refractivity contribution in [1.29, 1.82) is 0 Å². The summed E-state index contributed by atoms with van der Waals surface area (Å²) in [6.07, 6.45) is 0. The van der Waals surface area contributed by atoms with Crippen LogP contribution in [0.1, 0.15) is 18.8 Å². The number of alkyl halides is 1. The van der Waals surface area contributed by atoms with Crippen LogP contribution in [-0.4, -0.2) is 35.7 Å². The van der Waals surface area contributed by atoms with Gasteiger partial charge in [-0.1, -0.05) is 15.9 Å². The van der Waals surface area contributed by atoms with E-state index in [1.807, 2.05) is 29.7 Å². The summed E-state index contributed by atoms with van der Waals surface area (Å²) in [6, 6.07) is 6.14. The molecule has 21 heavy (non-hydrogen) atoms. The van der Waals surface area contributed by atoms with E-state index >= 15 is 0 Å². The number of hydrogen-bond donors (Lipinski definition) is 1. The summed E-state index contributed by atoms with van der Waals surface area (Å²) < 4.78 is 12.7. The van der Waals surface area contributed by atoms with Crippen LogP contribution >= 0.6 is 15.9 Å². The summed E-state index contributed by atoms with van der Waals surface area (Å²) in [7, 11) is 1.62. The van der Waals surface area contributed by atoms with Crippen LogP contribution in [0, 0.1) is 0 Å². The zero-order valence-electron chi connectivity index (χ0n) is 12.2. The van der Waals surface area contributed by atoms with Gasteiger partial charge < -0.3 is 14.8 Å². The minimum atomic E-state index is -0.167. The molecular formula is C14H18BrN3O3. The quantitative estimate of drug-likeness (QED) is 0.808. The summed E-state index contributed by atoms with van der Waals surface area (Å²) in [6.45, 7) is 4.33. The zero-order chi connectivity index (χ0) is 15.4. The number of carbonyl (C=O) groups is 1. The van der Waals surface area contributed by atoms with E-state index in [1.54, 1.807) is 7.11 Å². The minimum Gasteiger partial charge on any atom is -0.497 e. The number of amides is 1. The van der Waals surface area contributed by atoms with Crippen molar-refractivity contribution in [2.75, 3.05) is 20.3 Å². The number of benzene rings is 1. The van der Waals surface area contributed by atoms with E-state index in [2.05, 4.69) is 26.2 Å². The second-order valence-corrected chi connectivity index (χ2v) is 5.48. The van der Waals surface area contributed by atoms with Crippen LogP contribution in [0.25, 0.3) is 11.0 Å². The molecule has 1 aromatic heterocycles. The average molecular weight is 356 g/mol. The Labute approximate surface area is 131 Å². The van der Waals surface area contributed by atoms with E-state index in [4.69, 9.17) is 9.47 Å². The number of ether oxygens (including phenoxy) is 2. The second kappa shape index (κ2) is 6.80. The molecule has 6 nitrogen and oxygen atoms in total. The number of aromatic nitrogens is 2.